The highest BCUT2D eigenvalue weighted by atomic mass is 16.2. The molecule has 0 saturated carbocycles. The Morgan fingerprint density at radius 1 is 1.11 bits per heavy atom. The SMILES string of the molecule is CN1CCN(c2cc(N3CCC(CNc4ccccn4)C3)ncn2)CC1=O. The van der Waals surface area contributed by atoms with E-state index < -0.39 is 0 Å². The third kappa shape index (κ3) is 4.10. The summed E-state index contributed by atoms with van der Waals surface area (Å²) in [6.45, 7) is 4.74. The van der Waals surface area contributed by atoms with Crippen molar-refractivity contribution in [2.75, 3.05) is 61.4 Å². The van der Waals surface area contributed by atoms with Gasteiger partial charge in [0.15, 0.2) is 0 Å². The third-order valence-electron chi connectivity index (χ3n) is 5.27. The Labute approximate surface area is 159 Å². The van der Waals surface area contributed by atoms with Crippen molar-refractivity contribution in [3.8, 4) is 0 Å². The molecule has 27 heavy (non-hydrogen) atoms. The van der Waals surface area contributed by atoms with E-state index in [0.29, 0.717) is 12.5 Å². The van der Waals surface area contributed by atoms with Crippen LogP contribution >= 0.6 is 0 Å². The van der Waals surface area contributed by atoms with Gasteiger partial charge < -0.3 is 20.0 Å². The smallest absolute Gasteiger partial charge is 0.241 e. The first-order valence-corrected chi connectivity index (χ1v) is 9.40. The van der Waals surface area contributed by atoms with Crippen molar-refractivity contribution in [1.29, 1.82) is 0 Å². The molecule has 2 aliphatic rings. The van der Waals surface area contributed by atoms with Crippen LogP contribution in [-0.2, 0) is 4.79 Å². The highest BCUT2D eigenvalue weighted by Gasteiger charge is 2.26. The molecule has 1 unspecified atom stereocenters. The number of aromatic nitrogens is 3. The molecule has 2 aromatic heterocycles. The van der Waals surface area contributed by atoms with Crippen LogP contribution < -0.4 is 15.1 Å². The lowest BCUT2D eigenvalue weighted by atomic mass is 10.1. The number of hydrogen-bond donors (Lipinski definition) is 1. The van der Waals surface area contributed by atoms with Crippen molar-refractivity contribution < 1.29 is 4.79 Å². The molecule has 142 valence electrons. The second-order valence-corrected chi connectivity index (χ2v) is 7.17. The van der Waals surface area contributed by atoms with Gasteiger partial charge in [-0.05, 0) is 24.5 Å². The van der Waals surface area contributed by atoms with Gasteiger partial charge in [0.1, 0.15) is 23.8 Å². The Balaban J connectivity index is 1.36. The van der Waals surface area contributed by atoms with Crippen molar-refractivity contribution in [1.82, 2.24) is 19.9 Å². The van der Waals surface area contributed by atoms with Crippen LogP contribution in [0.5, 0.6) is 0 Å². The standard InChI is InChI=1S/C19H25N7O/c1-24-8-9-26(13-19(24)27)18-10-17(22-14-23-18)25-7-5-15(12-25)11-21-16-4-2-3-6-20-16/h2-4,6,10,14-15H,5,7-9,11-13H2,1H3,(H,20,21). The molecule has 1 atom stereocenters. The van der Waals surface area contributed by atoms with Crippen LogP contribution in [0, 0.1) is 5.92 Å². The number of nitrogens with zero attached hydrogens (tertiary/aromatic N) is 6. The number of piperazine rings is 1. The number of hydrogen-bond acceptors (Lipinski definition) is 7. The number of rotatable bonds is 5. The van der Waals surface area contributed by atoms with E-state index in [0.717, 1.165) is 56.6 Å². The third-order valence-corrected chi connectivity index (χ3v) is 5.27. The summed E-state index contributed by atoms with van der Waals surface area (Å²) < 4.78 is 0. The first kappa shape index (κ1) is 17.5. The maximum Gasteiger partial charge on any atom is 0.241 e. The minimum atomic E-state index is 0.128. The van der Waals surface area contributed by atoms with Gasteiger partial charge in [-0.1, -0.05) is 6.07 Å². The first-order valence-electron chi connectivity index (χ1n) is 9.40. The minimum absolute atomic E-state index is 0.128. The fraction of sp³-hybridized carbons (Fsp3) is 0.474. The summed E-state index contributed by atoms with van der Waals surface area (Å²) in [4.78, 5) is 31.2. The monoisotopic (exact) mass is 367 g/mol. The van der Waals surface area contributed by atoms with Gasteiger partial charge >= 0.3 is 0 Å². The Morgan fingerprint density at radius 3 is 2.74 bits per heavy atom. The first-order chi connectivity index (χ1) is 13.2. The average Bonchev–Trinajstić information content (AvgIpc) is 3.19. The molecule has 0 aliphatic carbocycles. The number of carbonyl (C=O) groups is 1. The van der Waals surface area contributed by atoms with E-state index in [4.69, 9.17) is 0 Å². The summed E-state index contributed by atoms with van der Waals surface area (Å²) in [6.07, 6.45) is 4.52. The van der Waals surface area contributed by atoms with Crippen LogP contribution in [0.1, 0.15) is 6.42 Å². The summed E-state index contributed by atoms with van der Waals surface area (Å²) in [5.41, 5.74) is 0. The molecule has 2 aliphatic heterocycles. The topological polar surface area (TPSA) is 77.5 Å². The van der Waals surface area contributed by atoms with E-state index in [1.54, 1.807) is 17.4 Å². The molecular formula is C19H25N7O. The second-order valence-electron chi connectivity index (χ2n) is 7.17. The van der Waals surface area contributed by atoms with Crippen LogP contribution in [0.15, 0.2) is 36.8 Å². The van der Waals surface area contributed by atoms with Crippen LogP contribution in [-0.4, -0.2) is 72.1 Å². The summed E-state index contributed by atoms with van der Waals surface area (Å²) in [7, 11) is 1.84. The van der Waals surface area contributed by atoms with E-state index in [-0.39, 0.29) is 5.91 Å². The molecule has 8 heteroatoms. The van der Waals surface area contributed by atoms with Gasteiger partial charge in [-0.2, -0.15) is 0 Å². The summed E-state index contributed by atoms with van der Waals surface area (Å²) in [5, 5.41) is 3.41. The minimum Gasteiger partial charge on any atom is -0.370 e. The Hall–Kier alpha value is -2.90. The molecule has 4 heterocycles. The molecule has 0 bridgehead atoms. The molecule has 0 radical (unpaired) electrons. The predicted molar refractivity (Wildman–Crippen MR) is 105 cm³/mol. The molecule has 4 rings (SSSR count). The van der Waals surface area contributed by atoms with Crippen molar-refractivity contribution in [3.05, 3.63) is 36.8 Å². The Morgan fingerprint density at radius 2 is 1.96 bits per heavy atom. The molecule has 2 aromatic rings. The van der Waals surface area contributed by atoms with E-state index in [2.05, 4.69) is 25.2 Å². The Bertz CT molecular complexity index is 785. The molecule has 2 saturated heterocycles. The average molecular weight is 367 g/mol. The van der Waals surface area contributed by atoms with Crippen LogP contribution in [0.25, 0.3) is 0 Å². The van der Waals surface area contributed by atoms with E-state index >= 15 is 0 Å². The number of likely N-dealkylation sites (N-methyl/N-ethyl adjacent to an activating group) is 1. The highest BCUT2D eigenvalue weighted by Crippen LogP contribution is 2.25. The van der Waals surface area contributed by atoms with Crippen molar-refractivity contribution in [2.45, 2.75) is 6.42 Å². The zero-order valence-corrected chi connectivity index (χ0v) is 15.6. The fourth-order valence-corrected chi connectivity index (χ4v) is 3.56. The van der Waals surface area contributed by atoms with Gasteiger partial charge in [0, 0.05) is 52.0 Å². The lowest BCUT2D eigenvalue weighted by Gasteiger charge is -2.33. The molecule has 0 spiro atoms. The van der Waals surface area contributed by atoms with Gasteiger partial charge in [-0.15, -0.1) is 0 Å². The van der Waals surface area contributed by atoms with Gasteiger partial charge in [0.2, 0.25) is 5.91 Å². The van der Waals surface area contributed by atoms with Gasteiger partial charge in [0.25, 0.3) is 0 Å². The lowest BCUT2D eigenvalue weighted by Crippen LogP contribution is -2.48. The van der Waals surface area contributed by atoms with Gasteiger partial charge in [-0.3, -0.25) is 4.79 Å². The number of pyridine rings is 1. The fourth-order valence-electron chi connectivity index (χ4n) is 3.56. The van der Waals surface area contributed by atoms with E-state index in [1.165, 1.54) is 0 Å². The molecule has 1 amide bonds. The quantitative estimate of drug-likeness (QED) is 0.847. The summed E-state index contributed by atoms with van der Waals surface area (Å²) in [5.74, 6) is 3.36. The van der Waals surface area contributed by atoms with Crippen molar-refractivity contribution in [2.24, 2.45) is 5.92 Å². The lowest BCUT2D eigenvalue weighted by molar-refractivity contribution is -0.129. The second kappa shape index (κ2) is 7.77. The zero-order valence-electron chi connectivity index (χ0n) is 15.6. The number of nitrogens with one attached hydrogen (secondary N) is 1. The molecule has 1 N–H and O–H groups in total. The van der Waals surface area contributed by atoms with E-state index in [1.807, 2.05) is 36.2 Å². The number of amides is 1. The van der Waals surface area contributed by atoms with Crippen LogP contribution in [0.2, 0.25) is 0 Å². The predicted octanol–water partition coefficient (Wildman–Crippen LogP) is 1.09. The van der Waals surface area contributed by atoms with Crippen molar-refractivity contribution >= 4 is 23.4 Å². The number of carbonyl (C=O) groups excluding carboxylic acids is 1. The van der Waals surface area contributed by atoms with E-state index in [9.17, 15) is 4.79 Å². The van der Waals surface area contributed by atoms with Crippen LogP contribution in [0.3, 0.4) is 0 Å². The number of anilines is 3. The molecule has 0 aromatic carbocycles. The van der Waals surface area contributed by atoms with Gasteiger partial charge in [0.05, 0.1) is 6.54 Å². The highest BCUT2D eigenvalue weighted by molar-refractivity contribution is 5.82. The normalized spacial score (nSPS) is 20.3. The zero-order chi connectivity index (χ0) is 18.6. The largest absolute Gasteiger partial charge is 0.370 e. The van der Waals surface area contributed by atoms with Crippen molar-refractivity contribution in [3.63, 3.8) is 0 Å². The Kier molecular flexibility index (Phi) is 5.04. The van der Waals surface area contributed by atoms with Crippen LogP contribution in [0.4, 0.5) is 17.5 Å². The maximum atomic E-state index is 12.0. The van der Waals surface area contributed by atoms with Gasteiger partial charge in [-0.25, -0.2) is 15.0 Å². The molecule has 2 fully saturated rings. The molecular weight excluding hydrogens is 342 g/mol. The summed E-state index contributed by atoms with van der Waals surface area (Å²) in [6, 6.07) is 7.90. The molecule has 8 nitrogen and oxygen atoms in total. The summed E-state index contributed by atoms with van der Waals surface area (Å²) >= 11 is 0. The maximum absolute atomic E-state index is 12.0.